The fourth-order valence-electron chi connectivity index (χ4n) is 4.15. The van der Waals surface area contributed by atoms with Crippen molar-refractivity contribution in [1.29, 1.82) is 0 Å². The van der Waals surface area contributed by atoms with Crippen molar-refractivity contribution in [3.8, 4) is 5.75 Å². The maximum absolute atomic E-state index is 12.7. The highest BCUT2D eigenvalue weighted by Gasteiger charge is 2.30. The zero-order chi connectivity index (χ0) is 24.0. The summed E-state index contributed by atoms with van der Waals surface area (Å²) in [7, 11) is -3.79. The van der Waals surface area contributed by atoms with Crippen molar-refractivity contribution in [1.82, 2.24) is 9.21 Å². The van der Waals surface area contributed by atoms with Gasteiger partial charge in [-0.15, -0.1) is 0 Å². The number of sulfonamides is 1. The summed E-state index contributed by atoms with van der Waals surface area (Å²) in [6.45, 7) is 4.30. The molecule has 1 aromatic rings. The number of benzene rings is 1. The number of carbonyl (C=O) groups excluding carboxylic acids is 1. The van der Waals surface area contributed by atoms with E-state index in [4.69, 9.17) is 9.47 Å². The summed E-state index contributed by atoms with van der Waals surface area (Å²) in [5.41, 5.74) is -0.460. The summed E-state index contributed by atoms with van der Waals surface area (Å²) in [5.74, 6) is -0.420. The van der Waals surface area contributed by atoms with Crippen LogP contribution in [0.2, 0.25) is 0 Å². The Hall–Kier alpha value is -2.28. The van der Waals surface area contributed by atoms with Crippen LogP contribution in [0, 0.1) is 16.0 Å². The molecular formula is C21H31N3O8S. The van der Waals surface area contributed by atoms with Gasteiger partial charge in [-0.3, -0.25) is 14.9 Å². The van der Waals surface area contributed by atoms with Gasteiger partial charge in [0, 0.05) is 25.7 Å². The van der Waals surface area contributed by atoms with Gasteiger partial charge in [0.15, 0.2) is 5.75 Å². The molecule has 0 aromatic heterocycles. The molecule has 33 heavy (non-hydrogen) atoms. The number of carbonyl (C=O) groups is 1. The topological polar surface area (TPSA) is 140 Å². The number of hydrogen-bond donors (Lipinski definition) is 1. The van der Waals surface area contributed by atoms with Crippen molar-refractivity contribution in [2.24, 2.45) is 5.92 Å². The first-order valence-electron chi connectivity index (χ1n) is 11.2. The Bertz CT molecular complexity index is 941. The van der Waals surface area contributed by atoms with Crippen molar-refractivity contribution in [2.75, 3.05) is 45.9 Å². The lowest BCUT2D eigenvalue weighted by molar-refractivity contribution is -0.386. The van der Waals surface area contributed by atoms with E-state index >= 15 is 0 Å². The van der Waals surface area contributed by atoms with Gasteiger partial charge in [-0.2, -0.15) is 4.31 Å². The summed E-state index contributed by atoms with van der Waals surface area (Å²) in [5, 5.41) is 21.9. The van der Waals surface area contributed by atoms with Crippen molar-refractivity contribution in [3.63, 3.8) is 0 Å². The third-order valence-electron chi connectivity index (χ3n) is 5.94. The number of β-amino-alcohol motifs (C(OH)–C–C–N with tert-alkyl or cyclic N) is 1. The average Bonchev–Trinajstić information content (AvgIpc) is 3.34. The molecule has 3 rings (SSSR count). The number of piperidine rings is 1. The highest BCUT2D eigenvalue weighted by molar-refractivity contribution is 7.89. The van der Waals surface area contributed by atoms with E-state index in [1.807, 2.05) is 4.90 Å². The number of likely N-dealkylation sites (tertiary alicyclic amines) is 1. The number of rotatable bonds is 10. The van der Waals surface area contributed by atoms with Gasteiger partial charge in [0.2, 0.25) is 10.0 Å². The van der Waals surface area contributed by atoms with E-state index in [0.717, 1.165) is 18.9 Å². The fourth-order valence-corrected chi connectivity index (χ4v) is 5.69. The Morgan fingerprint density at radius 3 is 2.52 bits per heavy atom. The second-order valence-corrected chi connectivity index (χ2v) is 10.2. The van der Waals surface area contributed by atoms with Crippen LogP contribution in [0.15, 0.2) is 23.1 Å². The Labute approximate surface area is 193 Å². The molecule has 2 fully saturated rings. The van der Waals surface area contributed by atoms with Crippen molar-refractivity contribution < 1.29 is 32.7 Å². The number of hydrogen-bond acceptors (Lipinski definition) is 9. The van der Waals surface area contributed by atoms with Crippen LogP contribution in [0.1, 0.15) is 32.6 Å². The van der Waals surface area contributed by atoms with Crippen LogP contribution in [0.3, 0.4) is 0 Å². The Morgan fingerprint density at radius 1 is 1.24 bits per heavy atom. The lowest BCUT2D eigenvalue weighted by Crippen LogP contribution is -2.42. The van der Waals surface area contributed by atoms with E-state index in [9.17, 15) is 28.4 Å². The quantitative estimate of drug-likeness (QED) is 0.296. The number of aliphatic hydroxyl groups is 1. The molecule has 11 nitrogen and oxygen atoms in total. The maximum atomic E-state index is 12.7. The predicted octanol–water partition coefficient (Wildman–Crippen LogP) is 1.39. The molecular weight excluding hydrogens is 454 g/mol. The standard InChI is InChI=1S/C21H31N3O8S/c1-2-31-21(26)16-7-11-22(12-8-16)14-17(25)15-32-20-6-5-18(13-19(20)24(27)28)33(29,30)23-9-3-4-10-23/h5-6,13,16-17,25H,2-4,7-12,14-15H2,1H3/t17-/m1/s1. The summed E-state index contributed by atoms with van der Waals surface area (Å²) in [6, 6.07) is 3.57. The van der Waals surface area contributed by atoms with E-state index in [1.54, 1.807) is 6.92 Å². The first-order chi connectivity index (χ1) is 15.7. The van der Waals surface area contributed by atoms with Gasteiger partial charge in [-0.05, 0) is 57.8 Å². The molecule has 0 saturated carbocycles. The number of esters is 1. The first-order valence-corrected chi connectivity index (χ1v) is 12.6. The van der Waals surface area contributed by atoms with Crippen molar-refractivity contribution >= 4 is 21.7 Å². The predicted molar refractivity (Wildman–Crippen MR) is 118 cm³/mol. The number of nitrogens with zero attached hydrogens (tertiary/aromatic N) is 3. The Morgan fingerprint density at radius 2 is 1.91 bits per heavy atom. The molecule has 1 atom stereocenters. The highest BCUT2D eigenvalue weighted by atomic mass is 32.2. The molecule has 0 radical (unpaired) electrons. The van der Waals surface area contributed by atoms with Crippen LogP contribution >= 0.6 is 0 Å². The minimum atomic E-state index is -3.79. The van der Waals surface area contributed by atoms with Crippen LogP contribution in [0.4, 0.5) is 5.69 Å². The van der Waals surface area contributed by atoms with Gasteiger partial charge in [-0.1, -0.05) is 0 Å². The number of ether oxygens (including phenoxy) is 2. The zero-order valence-electron chi connectivity index (χ0n) is 18.7. The molecule has 2 saturated heterocycles. The lowest BCUT2D eigenvalue weighted by Gasteiger charge is -2.32. The molecule has 1 N–H and O–H groups in total. The molecule has 12 heteroatoms. The lowest BCUT2D eigenvalue weighted by atomic mass is 9.97. The van der Waals surface area contributed by atoms with E-state index in [0.29, 0.717) is 52.2 Å². The smallest absolute Gasteiger partial charge is 0.312 e. The monoisotopic (exact) mass is 485 g/mol. The summed E-state index contributed by atoms with van der Waals surface area (Å²) in [4.78, 5) is 24.5. The number of nitro benzene ring substituents is 1. The van der Waals surface area contributed by atoms with Gasteiger partial charge < -0.3 is 19.5 Å². The van der Waals surface area contributed by atoms with Crippen LogP contribution < -0.4 is 4.74 Å². The first kappa shape index (κ1) is 25.3. The molecule has 1 aromatic carbocycles. The van der Waals surface area contributed by atoms with Gasteiger partial charge in [0.1, 0.15) is 12.7 Å². The van der Waals surface area contributed by atoms with Gasteiger partial charge in [0.05, 0.1) is 22.3 Å². The Kier molecular flexibility index (Phi) is 8.63. The van der Waals surface area contributed by atoms with Crippen LogP contribution in [0.5, 0.6) is 5.75 Å². The average molecular weight is 486 g/mol. The number of nitro groups is 1. The van der Waals surface area contributed by atoms with Crippen LogP contribution in [0.25, 0.3) is 0 Å². The number of aliphatic hydroxyl groups excluding tert-OH is 1. The van der Waals surface area contributed by atoms with Crippen LogP contribution in [-0.4, -0.2) is 85.7 Å². The van der Waals surface area contributed by atoms with Crippen molar-refractivity contribution in [3.05, 3.63) is 28.3 Å². The third-order valence-corrected chi connectivity index (χ3v) is 7.83. The summed E-state index contributed by atoms with van der Waals surface area (Å²) >= 11 is 0. The molecule has 2 heterocycles. The van der Waals surface area contributed by atoms with Gasteiger partial charge in [-0.25, -0.2) is 8.42 Å². The van der Waals surface area contributed by atoms with Crippen LogP contribution in [-0.2, 0) is 19.6 Å². The molecule has 0 unspecified atom stereocenters. The minimum Gasteiger partial charge on any atom is -0.484 e. The van der Waals surface area contributed by atoms with Crippen molar-refractivity contribution in [2.45, 2.75) is 43.6 Å². The van der Waals surface area contributed by atoms with E-state index < -0.39 is 26.7 Å². The second-order valence-electron chi connectivity index (χ2n) is 8.29. The van der Waals surface area contributed by atoms with Gasteiger partial charge in [0.25, 0.3) is 0 Å². The fraction of sp³-hybridized carbons (Fsp3) is 0.667. The normalized spacial score (nSPS) is 19.3. The minimum absolute atomic E-state index is 0.0968. The molecule has 2 aliphatic heterocycles. The SMILES string of the molecule is CCOC(=O)C1CCN(C[C@@H](O)COc2ccc(S(=O)(=O)N3CCCC3)cc2[N+](=O)[O-])CC1. The van der Waals surface area contributed by atoms with E-state index in [2.05, 4.69) is 0 Å². The summed E-state index contributed by atoms with van der Waals surface area (Å²) in [6.07, 6.45) is 1.91. The molecule has 2 aliphatic rings. The second kappa shape index (κ2) is 11.2. The van der Waals surface area contributed by atoms with E-state index in [1.165, 1.54) is 16.4 Å². The summed E-state index contributed by atoms with van der Waals surface area (Å²) < 4.78 is 37.3. The third kappa shape index (κ3) is 6.40. The molecule has 0 aliphatic carbocycles. The van der Waals surface area contributed by atoms with E-state index in [-0.39, 0.29) is 29.1 Å². The largest absolute Gasteiger partial charge is 0.484 e. The molecule has 0 amide bonds. The van der Waals surface area contributed by atoms with Gasteiger partial charge >= 0.3 is 11.7 Å². The maximum Gasteiger partial charge on any atom is 0.312 e. The Balaban J connectivity index is 1.56. The molecule has 184 valence electrons. The highest BCUT2D eigenvalue weighted by Crippen LogP contribution is 2.32. The zero-order valence-corrected chi connectivity index (χ0v) is 19.5. The molecule has 0 spiro atoms. The molecule has 0 bridgehead atoms.